The molecule has 1 fully saturated rings. The number of hydrogen-bond donors (Lipinski definition) is 2. The van der Waals surface area contributed by atoms with Gasteiger partial charge in [0.2, 0.25) is 0 Å². The summed E-state index contributed by atoms with van der Waals surface area (Å²) in [5.41, 5.74) is 1.90. The molecule has 148 valence electrons. The number of fused-ring (bicyclic) bond motifs is 1. The van der Waals surface area contributed by atoms with Gasteiger partial charge >= 0.3 is 0 Å². The lowest BCUT2D eigenvalue weighted by Gasteiger charge is -2.07. The SMILES string of the molecule is C(#C[C@@H]1CCCN1)c1cc2ncnc(Nc3ccc(Sc4ccccn4)cc3)c2s1. The molecule has 0 aliphatic carbocycles. The third kappa shape index (κ3) is 4.46. The Kier molecular flexibility index (Phi) is 5.62. The molecule has 5 nitrogen and oxygen atoms in total. The van der Waals surface area contributed by atoms with Crippen molar-refractivity contribution >= 4 is 44.8 Å². The Morgan fingerprint density at radius 2 is 2.03 bits per heavy atom. The Morgan fingerprint density at radius 1 is 1.10 bits per heavy atom. The van der Waals surface area contributed by atoms with Gasteiger partial charge in [0, 0.05) is 16.8 Å². The van der Waals surface area contributed by atoms with Crippen LogP contribution < -0.4 is 10.6 Å². The molecule has 0 radical (unpaired) electrons. The number of thiophene rings is 1. The highest BCUT2D eigenvalue weighted by Gasteiger charge is 2.11. The van der Waals surface area contributed by atoms with Gasteiger partial charge in [-0.2, -0.15) is 0 Å². The van der Waals surface area contributed by atoms with Gasteiger partial charge in [-0.25, -0.2) is 15.0 Å². The third-order valence-electron chi connectivity index (χ3n) is 4.72. The molecular formula is C23H19N5S2. The van der Waals surface area contributed by atoms with Crippen molar-refractivity contribution in [3.63, 3.8) is 0 Å². The zero-order valence-corrected chi connectivity index (χ0v) is 17.8. The number of rotatable bonds is 4. The summed E-state index contributed by atoms with van der Waals surface area (Å²) in [6, 6.07) is 16.6. The predicted octanol–water partition coefficient (Wildman–Crippen LogP) is 5.08. The van der Waals surface area contributed by atoms with Gasteiger partial charge in [-0.05, 0) is 61.9 Å². The van der Waals surface area contributed by atoms with Crippen molar-refractivity contribution < 1.29 is 0 Å². The molecule has 1 aromatic carbocycles. The van der Waals surface area contributed by atoms with Crippen LogP contribution in [0.1, 0.15) is 17.7 Å². The zero-order valence-electron chi connectivity index (χ0n) is 16.1. The average Bonchev–Trinajstić information content (AvgIpc) is 3.44. The summed E-state index contributed by atoms with van der Waals surface area (Å²) >= 11 is 3.27. The summed E-state index contributed by atoms with van der Waals surface area (Å²) in [5.74, 6) is 7.43. The van der Waals surface area contributed by atoms with Gasteiger partial charge in [0.15, 0.2) is 5.82 Å². The van der Waals surface area contributed by atoms with E-state index in [-0.39, 0.29) is 0 Å². The molecule has 4 heterocycles. The second-order valence-electron chi connectivity index (χ2n) is 6.88. The van der Waals surface area contributed by atoms with Crippen LogP contribution in [-0.4, -0.2) is 27.5 Å². The number of nitrogens with one attached hydrogen (secondary N) is 2. The number of pyridine rings is 1. The van der Waals surface area contributed by atoms with E-state index < -0.39 is 0 Å². The number of hydrogen-bond acceptors (Lipinski definition) is 7. The van der Waals surface area contributed by atoms with Gasteiger partial charge < -0.3 is 10.6 Å². The summed E-state index contributed by atoms with van der Waals surface area (Å²) in [4.78, 5) is 15.4. The van der Waals surface area contributed by atoms with Crippen LogP contribution in [0.3, 0.4) is 0 Å². The lowest BCUT2D eigenvalue weighted by molar-refractivity contribution is 0.749. The fourth-order valence-corrected chi connectivity index (χ4v) is 4.93. The molecule has 0 amide bonds. The molecule has 1 aliphatic heterocycles. The maximum Gasteiger partial charge on any atom is 0.151 e. The fraction of sp³-hybridized carbons (Fsp3) is 0.174. The van der Waals surface area contributed by atoms with E-state index in [1.165, 1.54) is 6.42 Å². The summed E-state index contributed by atoms with van der Waals surface area (Å²) < 4.78 is 1.02. The molecule has 7 heteroatoms. The van der Waals surface area contributed by atoms with Crippen molar-refractivity contribution in [3.8, 4) is 11.8 Å². The lowest BCUT2D eigenvalue weighted by atomic mass is 10.2. The predicted molar refractivity (Wildman–Crippen MR) is 123 cm³/mol. The second kappa shape index (κ2) is 8.84. The van der Waals surface area contributed by atoms with Crippen molar-refractivity contribution in [1.29, 1.82) is 0 Å². The van der Waals surface area contributed by atoms with E-state index >= 15 is 0 Å². The molecule has 0 spiro atoms. The maximum atomic E-state index is 4.46. The quantitative estimate of drug-likeness (QED) is 0.441. The normalized spacial score (nSPS) is 15.7. The Balaban J connectivity index is 1.33. The van der Waals surface area contributed by atoms with Gasteiger partial charge in [0.25, 0.3) is 0 Å². The van der Waals surface area contributed by atoms with Gasteiger partial charge in [0.05, 0.1) is 21.1 Å². The minimum absolute atomic E-state index is 0.307. The van der Waals surface area contributed by atoms with Crippen molar-refractivity contribution in [2.24, 2.45) is 0 Å². The van der Waals surface area contributed by atoms with Crippen LogP contribution in [-0.2, 0) is 0 Å². The summed E-state index contributed by atoms with van der Waals surface area (Å²) in [7, 11) is 0. The number of anilines is 2. The molecule has 2 N–H and O–H groups in total. The van der Waals surface area contributed by atoms with E-state index in [4.69, 9.17) is 0 Å². The van der Waals surface area contributed by atoms with Gasteiger partial charge in [0.1, 0.15) is 11.4 Å². The summed E-state index contributed by atoms with van der Waals surface area (Å²) in [6.45, 7) is 1.06. The minimum Gasteiger partial charge on any atom is -0.339 e. The van der Waals surface area contributed by atoms with Crippen LogP contribution in [0.4, 0.5) is 11.5 Å². The van der Waals surface area contributed by atoms with Crippen molar-refractivity contribution in [1.82, 2.24) is 20.3 Å². The first-order chi connectivity index (χ1) is 14.8. The molecule has 0 unspecified atom stereocenters. The maximum absolute atomic E-state index is 4.46. The average molecular weight is 430 g/mol. The van der Waals surface area contributed by atoms with Crippen molar-refractivity contribution in [2.45, 2.75) is 28.8 Å². The molecule has 1 aliphatic rings. The highest BCUT2D eigenvalue weighted by Crippen LogP contribution is 2.32. The first-order valence-corrected chi connectivity index (χ1v) is 11.4. The molecule has 4 aromatic rings. The highest BCUT2D eigenvalue weighted by atomic mass is 32.2. The molecule has 0 saturated carbocycles. The van der Waals surface area contributed by atoms with Crippen molar-refractivity contribution in [2.75, 3.05) is 11.9 Å². The smallest absolute Gasteiger partial charge is 0.151 e. The van der Waals surface area contributed by atoms with Crippen LogP contribution in [0.25, 0.3) is 10.2 Å². The van der Waals surface area contributed by atoms with Gasteiger partial charge in [-0.3, -0.25) is 0 Å². The standard InChI is InChI=1S/C23H19N5S2/c1-2-12-25-21(5-1)29-18-9-7-17(8-10-18)28-23-22-20(26-15-27-23)14-19(30-22)11-6-16-4-3-13-24-16/h1-2,5,7-10,12,14-16,24H,3-4,13H2,(H,26,27,28)/t16-/m0/s1. The third-order valence-corrected chi connectivity index (χ3v) is 6.72. The Morgan fingerprint density at radius 3 is 2.83 bits per heavy atom. The van der Waals surface area contributed by atoms with E-state index in [0.717, 1.165) is 49.5 Å². The number of benzene rings is 1. The van der Waals surface area contributed by atoms with Gasteiger partial charge in [-0.15, -0.1) is 11.3 Å². The summed E-state index contributed by atoms with van der Waals surface area (Å²) in [6.07, 6.45) is 5.73. The molecule has 0 bridgehead atoms. The largest absolute Gasteiger partial charge is 0.339 e. The van der Waals surface area contributed by atoms with Crippen LogP contribution >= 0.6 is 23.1 Å². The first kappa shape index (κ1) is 19.1. The first-order valence-electron chi connectivity index (χ1n) is 9.79. The second-order valence-corrected chi connectivity index (χ2v) is 9.03. The van der Waals surface area contributed by atoms with Crippen LogP contribution in [0.15, 0.2) is 71.0 Å². The Hall–Kier alpha value is -2.92. The van der Waals surface area contributed by atoms with Crippen LogP contribution in [0.2, 0.25) is 0 Å². The topological polar surface area (TPSA) is 62.7 Å². The van der Waals surface area contributed by atoms with E-state index in [9.17, 15) is 0 Å². The number of aromatic nitrogens is 3. The zero-order chi connectivity index (χ0) is 20.2. The van der Waals surface area contributed by atoms with E-state index in [2.05, 4.69) is 61.7 Å². The van der Waals surface area contributed by atoms with Gasteiger partial charge in [-0.1, -0.05) is 29.7 Å². The Bertz CT molecular complexity index is 1200. The molecular weight excluding hydrogens is 410 g/mol. The molecule has 30 heavy (non-hydrogen) atoms. The molecule has 3 aromatic heterocycles. The van der Waals surface area contributed by atoms with Crippen molar-refractivity contribution in [3.05, 3.63) is 65.9 Å². The lowest BCUT2D eigenvalue weighted by Crippen LogP contribution is -2.18. The fourth-order valence-electron chi connectivity index (χ4n) is 3.24. The van der Waals surface area contributed by atoms with E-state index in [0.29, 0.717) is 6.04 Å². The van der Waals surface area contributed by atoms with Crippen LogP contribution in [0, 0.1) is 11.8 Å². The summed E-state index contributed by atoms with van der Waals surface area (Å²) in [5, 5.41) is 7.81. The monoisotopic (exact) mass is 429 g/mol. The minimum atomic E-state index is 0.307. The highest BCUT2D eigenvalue weighted by molar-refractivity contribution is 7.99. The number of nitrogens with zero attached hydrogens (tertiary/aromatic N) is 3. The van der Waals surface area contributed by atoms with Crippen LogP contribution in [0.5, 0.6) is 0 Å². The Labute approximate surface area is 183 Å². The molecule has 5 rings (SSSR count). The van der Waals surface area contributed by atoms with E-state index in [1.54, 1.807) is 29.4 Å². The van der Waals surface area contributed by atoms with E-state index in [1.807, 2.05) is 30.5 Å². The molecule has 1 atom stereocenters. The molecule has 1 saturated heterocycles.